The van der Waals surface area contributed by atoms with E-state index in [1.54, 1.807) is 31.3 Å². The number of carbonyl (C=O) groups is 2. The van der Waals surface area contributed by atoms with E-state index >= 15 is 0 Å². The highest BCUT2D eigenvalue weighted by atomic mass is 35.5. The minimum atomic E-state index is -0.336. The van der Waals surface area contributed by atoms with Crippen LogP contribution in [-0.4, -0.2) is 25.9 Å². The molecule has 2 aliphatic rings. The van der Waals surface area contributed by atoms with Gasteiger partial charge in [0.05, 0.1) is 19.9 Å². The first kappa shape index (κ1) is 20.5. The first-order valence-electron chi connectivity index (χ1n) is 10.0. The summed E-state index contributed by atoms with van der Waals surface area (Å²) in [6.45, 7) is 1.90. The molecule has 0 aromatic heterocycles. The van der Waals surface area contributed by atoms with Gasteiger partial charge >= 0.3 is 0 Å². The fourth-order valence-electron chi connectivity index (χ4n) is 4.48. The Morgan fingerprint density at radius 2 is 1.87 bits per heavy atom. The smallest absolute Gasteiger partial charge is 0.232 e. The van der Waals surface area contributed by atoms with Gasteiger partial charge in [0.1, 0.15) is 11.5 Å². The quantitative estimate of drug-likeness (QED) is 0.676. The van der Waals surface area contributed by atoms with E-state index in [2.05, 4.69) is 0 Å². The molecule has 2 aromatic rings. The molecule has 0 bridgehead atoms. The molecule has 0 unspecified atom stereocenters. The molecule has 1 aliphatic carbocycles. The van der Waals surface area contributed by atoms with Crippen molar-refractivity contribution in [3.8, 4) is 11.5 Å². The average Bonchev–Trinajstić information content (AvgIpc) is 2.75. The molecule has 30 heavy (non-hydrogen) atoms. The van der Waals surface area contributed by atoms with Crippen LogP contribution < -0.4 is 14.4 Å². The Morgan fingerprint density at radius 3 is 2.60 bits per heavy atom. The van der Waals surface area contributed by atoms with Crippen LogP contribution in [0.4, 0.5) is 5.69 Å². The third-order valence-electron chi connectivity index (χ3n) is 5.97. The molecular formula is C24H24ClNO4. The number of allylic oxidation sites excluding steroid dienone is 2. The molecule has 0 saturated carbocycles. The first-order chi connectivity index (χ1) is 14.5. The second-order valence-electron chi connectivity index (χ2n) is 7.61. The summed E-state index contributed by atoms with van der Waals surface area (Å²) >= 11 is 6.33. The maximum absolute atomic E-state index is 13.4. The molecule has 5 nitrogen and oxygen atoms in total. The predicted molar refractivity (Wildman–Crippen MR) is 116 cm³/mol. The Hall–Kier alpha value is -2.79. The second kappa shape index (κ2) is 8.15. The van der Waals surface area contributed by atoms with Crippen LogP contribution in [0, 0.1) is 6.92 Å². The fourth-order valence-corrected chi connectivity index (χ4v) is 4.65. The number of amides is 1. The Kier molecular flexibility index (Phi) is 5.56. The van der Waals surface area contributed by atoms with Gasteiger partial charge in [-0.15, -0.1) is 0 Å². The molecule has 4 rings (SSSR count). The molecule has 0 spiro atoms. The van der Waals surface area contributed by atoms with E-state index in [0.717, 1.165) is 28.9 Å². The summed E-state index contributed by atoms with van der Waals surface area (Å²) in [6, 6.07) is 11.0. The van der Waals surface area contributed by atoms with E-state index in [-0.39, 0.29) is 24.0 Å². The van der Waals surface area contributed by atoms with E-state index < -0.39 is 0 Å². The summed E-state index contributed by atoms with van der Waals surface area (Å²) in [6.07, 6.45) is 2.09. The normalized spacial score (nSPS) is 19.1. The zero-order valence-electron chi connectivity index (χ0n) is 17.3. The van der Waals surface area contributed by atoms with E-state index in [0.29, 0.717) is 34.9 Å². The minimum Gasteiger partial charge on any atom is -0.497 e. The van der Waals surface area contributed by atoms with Gasteiger partial charge in [0.15, 0.2) is 5.78 Å². The van der Waals surface area contributed by atoms with Crippen LogP contribution in [0.2, 0.25) is 5.02 Å². The zero-order chi connectivity index (χ0) is 21.4. The van der Waals surface area contributed by atoms with Crippen molar-refractivity contribution >= 4 is 29.0 Å². The molecule has 2 aromatic carbocycles. The number of carbonyl (C=O) groups excluding carboxylic acids is 2. The number of anilines is 1. The lowest BCUT2D eigenvalue weighted by atomic mass is 9.76. The monoisotopic (exact) mass is 425 g/mol. The van der Waals surface area contributed by atoms with Crippen molar-refractivity contribution in [2.24, 2.45) is 0 Å². The third kappa shape index (κ3) is 3.37. The fraction of sp³-hybridized carbons (Fsp3) is 0.333. The van der Waals surface area contributed by atoms with Crippen LogP contribution in [0.1, 0.15) is 42.7 Å². The van der Waals surface area contributed by atoms with E-state index in [4.69, 9.17) is 21.1 Å². The summed E-state index contributed by atoms with van der Waals surface area (Å²) in [5, 5.41) is 0.600. The van der Waals surface area contributed by atoms with Crippen LogP contribution in [0.25, 0.3) is 0 Å². The van der Waals surface area contributed by atoms with Crippen molar-refractivity contribution < 1.29 is 19.1 Å². The molecule has 0 N–H and O–H groups in total. The van der Waals surface area contributed by atoms with E-state index in [9.17, 15) is 9.59 Å². The van der Waals surface area contributed by atoms with Crippen LogP contribution in [0.3, 0.4) is 0 Å². The van der Waals surface area contributed by atoms with Crippen molar-refractivity contribution in [2.45, 2.75) is 38.5 Å². The highest BCUT2D eigenvalue weighted by Crippen LogP contribution is 2.46. The average molecular weight is 426 g/mol. The van der Waals surface area contributed by atoms with Crippen LogP contribution >= 0.6 is 11.6 Å². The number of nitrogens with zero attached hydrogens (tertiary/aromatic N) is 1. The number of ether oxygens (including phenoxy) is 2. The molecule has 1 aliphatic heterocycles. The van der Waals surface area contributed by atoms with Gasteiger partial charge < -0.3 is 9.47 Å². The van der Waals surface area contributed by atoms with Gasteiger partial charge in [0, 0.05) is 46.7 Å². The Bertz CT molecular complexity index is 1060. The van der Waals surface area contributed by atoms with Crippen LogP contribution in [0.15, 0.2) is 47.7 Å². The molecule has 156 valence electrons. The number of hydrogen-bond donors (Lipinski definition) is 0. The highest BCUT2D eigenvalue weighted by Gasteiger charge is 2.41. The van der Waals surface area contributed by atoms with Gasteiger partial charge in [-0.1, -0.05) is 23.7 Å². The summed E-state index contributed by atoms with van der Waals surface area (Å²) in [7, 11) is 3.18. The standard InChI is InChI=1S/C24H24ClNO4/c1-14-18(25)6-4-7-19(14)26-20-8-5-9-21(27)24(20)17(13-23(26)28)16-11-10-15(29-2)12-22(16)30-3/h4,6-7,10-12,17H,5,8-9,13H2,1-3H3/t17-/m0/s1. The summed E-state index contributed by atoms with van der Waals surface area (Å²) in [4.78, 5) is 28.2. The number of benzene rings is 2. The largest absolute Gasteiger partial charge is 0.497 e. The summed E-state index contributed by atoms with van der Waals surface area (Å²) in [5.74, 6) is 0.993. The van der Waals surface area contributed by atoms with Gasteiger partial charge in [0.25, 0.3) is 0 Å². The number of halogens is 1. The summed E-state index contributed by atoms with van der Waals surface area (Å²) in [5.41, 5.74) is 3.91. The number of methoxy groups -OCH3 is 2. The number of Topliss-reactive ketones (excluding diaryl/α,β-unsaturated/α-hetero) is 1. The van der Waals surface area contributed by atoms with Crippen LogP contribution in [0.5, 0.6) is 11.5 Å². The SMILES string of the molecule is COc1ccc([C@@H]2CC(=O)N(c3cccc(Cl)c3C)C3=C2C(=O)CCC3)c(OC)c1. The van der Waals surface area contributed by atoms with Gasteiger partial charge in [-0.05, 0) is 43.5 Å². The van der Waals surface area contributed by atoms with Gasteiger partial charge in [0.2, 0.25) is 5.91 Å². The van der Waals surface area contributed by atoms with E-state index in [1.807, 2.05) is 31.2 Å². The highest BCUT2D eigenvalue weighted by molar-refractivity contribution is 6.31. The Morgan fingerprint density at radius 1 is 1.07 bits per heavy atom. The number of rotatable bonds is 4. The lowest BCUT2D eigenvalue weighted by molar-refractivity contribution is -0.119. The molecule has 1 atom stereocenters. The molecule has 1 amide bonds. The minimum absolute atomic E-state index is 0.0447. The van der Waals surface area contributed by atoms with Crippen molar-refractivity contribution in [3.63, 3.8) is 0 Å². The summed E-state index contributed by atoms with van der Waals surface area (Å²) < 4.78 is 10.9. The zero-order valence-corrected chi connectivity index (χ0v) is 18.1. The number of hydrogen-bond acceptors (Lipinski definition) is 4. The predicted octanol–water partition coefficient (Wildman–Crippen LogP) is 5.19. The maximum Gasteiger partial charge on any atom is 0.232 e. The van der Waals surface area contributed by atoms with Crippen molar-refractivity contribution in [2.75, 3.05) is 19.1 Å². The van der Waals surface area contributed by atoms with Crippen LogP contribution in [-0.2, 0) is 9.59 Å². The topological polar surface area (TPSA) is 55.8 Å². The second-order valence-corrected chi connectivity index (χ2v) is 8.02. The third-order valence-corrected chi connectivity index (χ3v) is 6.38. The lowest BCUT2D eigenvalue weighted by Crippen LogP contribution is -2.41. The number of ketones is 1. The maximum atomic E-state index is 13.4. The van der Waals surface area contributed by atoms with Gasteiger partial charge in [-0.3, -0.25) is 14.5 Å². The molecular weight excluding hydrogens is 402 g/mol. The first-order valence-corrected chi connectivity index (χ1v) is 10.4. The van der Waals surface area contributed by atoms with E-state index in [1.165, 1.54) is 0 Å². The molecule has 0 radical (unpaired) electrons. The molecule has 0 fully saturated rings. The molecule has 0 saturated heterocycles. The Labute approximate surface area is 181 Å². The molecule has 6 heteroatoms. The van der Waals surface area contributed by atoms with Crippen molar-refractivity contribution in [1.82, 2.24) is 0 Å². The Balaban J connectivity index is 1.89. The van der Waals surface area contributed by atoms with Crippen molar-refractivity contribution in [3.05, 3.63) is 63.8 Å². The van der Waals surface area contributed by atoms with Gasteiger partial charge in [-0.25, -0.2) is 0 Å². The molecule has 1 heterocycles. The lowest BCUT2D eigenvalue weighted by Gasteiger charge is -2.39. The van der Waals surface area contributed by atoms with Gasteiger partial charge in [-0.2, -0.15) is 0 Å². The van der Waals surface area contributed by atoms with Crippen molar-refractivity contribution in [1.29, 1.82) is 0 Å².